The van der Waals surface area contributed by atoms with Crippen LogP contribution in [-0.4, -0.2) is 31.7 Å². The predicted octanol–water partition coefficient (Wildman–Crippen LogP) is 2.02. The van der Waals surface area contributed by atoms with E-state index in [1.54, 1.807) is 37.7 Å². The van der Waals surface area contributed by atoms with E-state index in [-0.39, 0.29) is 21.8 Å². The summed E-state index contributed by atoms with van der Waals surface area (Å²) in [6.07, 6.45) is -1.13. The predicted molar refractivity (Wildman–Crippen MR) is 111 cm³/mol. The van der Waals surface area contributed by atoms with Gasteiger partial charge in [0, 0.05) is 7.05 Å². The highest BCUT2D eigenvalue weighted by molar-refractivity contribution is 7.10. The average Bonchev–Trinajstić information content (AvgIpc) is 3.13. The Morgan fingerprint density at radius 1 is 1.24 bits per heavy atom. The number of anilines is 2. The SMILES string of the molecule is Cc1nsc(N)c1C(=O)O[C@@H](C)C(=O)Nc1c(C)n(C)n(-c2ccccc2)c1=O. The summed E-state index contributed by atoms with van der Waals surface area (Å²) >= 11 is 0.983. The van der Waals surface area contributed by atoms with Gasteiger partial charge in [-0.15, -0.1) is 0 Å². The zero-order valence-electron chi connectivity index (χ0n) is 16.4. The number of nitrogens with two attached hydrogens (primary N) is 1. The van der Waals surface area contributed by atoms with E-state index in [9.17, 15) is 14.4 Å². The number of nitrogens with one attached hydrogen (secondary N) is 1. The van der Waals surface area contributed by atoms with E-state index in [2.05, 4.69) is 9.69 Å². The fourth-order valence-electron chi connectivity index (χ4n) is 2.85. The van der Waals surface area contributed by atoms with Gasteiger partial charge < -0.3 is 15.8 Å². The maximum absolute atomic E-state index is 12.9. The number of amides is 1. The molecule has 0 saturated carbocycles. The summed E-state index contributed by atoms with van der Waals surface area (Å²) in [4.78, 5) is 37.7. The molecule has 0 aliphatic heterocycles. The van der Waals surface area contributed by atoms with Crippen molar-refractivity contribution in [2.24, 2.45) is 7.05 Å². The van der Waals surface area contributed by atoms with Gasteiger partial charge in [0.05, 0.1) is 17.1 Å². The van der Waals surface area contributed by atoms with Crippen molar-refractivity contribution >= 4 is 34.1 Å². The third-order valence-electron chi connectivity index (χ3n) is 4.55. The second-order valence-electron chi connectivity index (χ2n) is 6.48. The lowest BCUT2D eigenvalue weighted by Gasteiger charge is -2.13. The number of carbonyl (C=O) groups excluding carboxylic acids is 2. The molecule has 0 aliphatic rings. The second kappa shape index (κ2) is 7.92. The number of nitrogen functional groups attached to an aromatic ring is 1. The van der Waals surface area contributed by atoms with Gasteiger partial charge >= 0.3 is 5.97 Å². The van der Waals surface area contributed by atoms with Crippen LogP contribution in [0.15, 0.2) is 35.1 Å². The summed E-state index contributed by atoms with van der Waals surface area (Å²) in [5, 5.41) is 2.80. The third kappa shape index (κ3) is 3.79. The van der Waals surface area contributed by atoms with Crippen molar-refractivity contribution in [3.05, 3.63) is 57.6 Å². The number of hydrogen-bond donors (Lipinski definition) is 2. The van der Waals surface area contributed by atoms with E-state index in [0.29, 0.717) is 17.1 Å². The number of ether oxygens (including phenoxy) is 1. The Balaban J connectivity index is 1.81. The minimum Gasteiger partial charge on any atom is -0.449 e. The number of rotatable bonds is 5. The van der Waals surface area contributed by atoms with Crippen molar-refractivity contribution in [3.63, 3.8) is 0 Å². The quantitative estimate of drug-likeness (QED) is 0.615. The van der Waals surface area contributed by atoms with Gasteiger partial charge in [0.15, 0.2) is 6.10 Å². The molecule has 0 radical (unpaired) electrons. The summed E-state index contributed by atoms with van der Waals surface area (Å²) < 4.78 is 12.3. The van der Waals surface area contributed by atoms with Crippen LogP contribution in [0.4, 0.5) is 10.7 Å². The van der Waals surface area contributed by atoms with E-state index >= 15 is 0 Å². The first-order valence-corrected chi connectivity index (χ1v) is 9.57. The monoisotopic (exact) mass is 415 g/mol. The van der Waals surface area contributed by atoms with Crippen LogP contribution in [-0.2, 0) is 16.6 Å². The first-order chi connectivity index (χ1) is 13.7. The molecule has 3 aromatic rings. The number of carbonyl (C=O) groups is 2. The molecule has 0 bridgehead atoms. The van der Waals surface area contributed by atoms with E-state index in [4.69, 9.17) is 10.5 Å². The number of para-hydroxylation sites is 1. The molecule has 0 saturated heterocycles. The van der Waals surface area contributed by atoms with Crippen LogP contribution in [0.3, 0.4) is 0 Å². The molecule has 0 fully saturated rings. The standard InChI is InChI=1S/C19H21N5O4S/c1-10-14(16(20)29-22-10)19(27)28-12(3)17(25)21-15-11(2)23(4)24(18(15)26)13-8-6-5-7-9-13/h5-9,12H,20H2,1-4H3,(H,21,25)/t12-/m0/s1. The lowest BCUT2D eigenvalue weighted by Crippen LogP contribution is -2.32. The minimum atomic E-state index is -1.13. The molecular weight excluding hydrogens is 394 g/mol. The molecule has 9 nitrogen and oxygen atoms in total. The van der Waals surface area contributed by atoms with Crippen LogP contribution >= 0.6 is 11.5 Å². The highest BCUT2D eigenvalue weighted by Gasteiger charge is 2.26. The maximum Gasteiger partial charge on any atom is 0.343 e. The minimum absolute atomic E-state index is 0.122. The van der Waals surface area contributed by atoms with Crippen LogP contribution in [0.5, 0.6) is 0 Å². The fourth-order valence-corrected chi connectivity index (χ4v) is 3.49. The average molecular weight is 415 g/mol. The molecule has 0 unspecified atom stereocenters. The molecule has 1 amide bonds. The Bertz CT molecular complexity index is 1110. The Labute approximate surface area is 170 Å². The second-order valence-corrected chi connectivity index (χ2v) is 7.29. The van der Waals surface area contributed by atoms with Crippen LogP contribution in [0.25, 0.3) is 5.69 Å². The van der Waals surface area contributed by atoms with Gasteiger partial charge in [-0.3, -0.25) is 14.3 Å². The number of aryl methyl sites for hydroxylation is 1. The van der Waals surface area contributed by atoms with E-state index in [1.807, 2.05) is 18.2 Å². The van der Waals surface area contributed by atoms with Gasteiger partial charge in [0.2, 0.25) is 0 Å². The van der Waals surface area contributed by atoms with Gasteiger partial charge in [-0.1, -0.05) is 18.2 Å². The van der Waals surface area contributed by atoms with E-state index in [0.717, 1.165) is 11.5 Å². The summed E-state index contributed by atoms with van der Waals surface area (Å²) in [7, 11) is 1.72. The van der Waals surface area contributed by atoms with E-state index < -0.39 is 18.0 Å². The van der Waals surface area contributed by atoms with Gasteiger partial charge in [-0.2, -0.15) is 4.37 Å². The van der Waals surface area contributed by atoms with Crippen molar-refractivity contribution < 1.29 is 14.3 Å². The van der Waals surface area contributed by atoms with Gasteiger partial charge in [0.25, 0.3) is 11.5 Å². The van der Waals surface area contributed by atoms with Crippen molar-refractivity contribution in [2.75, 3.05) is 11.1 Å². The molecule has 1 atom stereocenters. The Morgan fingerprint density at radius 3 is 2.48 bits per heavy atom. The van der Waals surface area contributed by atoms with Crippen LogP contribution in [0.2, 0.25) is 0 Å². The molecule has 10 heteroatoms. The van der Waals surface area contributed by atoms with Gasteiger partial charge in [-0.05, 0) is 44.4 Å². The summed E-state index contributed by atoms with van der Waals surface area (Å²) in [5.41, 5.74) is 7.30. The van der Waals surface area contributed by atoms with Crippen LogP contribution < -0.4 is 16.6 Å². The molecule has 2 aromatic heterocycles. The van der Waals surface area contributed by atoms with Crippen molar-refractivity contribution in [1.82, 2.24) is 13.7 Å². The highest BCUT2D eigenvalue weighted by Crippen LogP contribution is 2.22. The molecular formula is C19H21N5O4S. The van der Waals surface area contributed by atoms with Gasteiger partial charge in [0.1, 0.15) is 16.3 Å². The molecule has 3 N–H and O–H groups in total. The summed E-state index contributed by atoms with van der Waals surface area (Å²) in [6.45, 7) is 4.77. The topological polar surface area (TPSA) is 121 Å². The maximum atomic E-state index is 12.9. The van der Waals surface area contributed by atoms with Crippen LogP contribution in [0, 0.1) is 13.8 Å². The number of nitrogens with zero attached hydrogens (tertiary/aromatic N) is 3. The van der Waals surface area contributed by atoms with Gasteiger partial charge in [-0.25, -0.2) is 9.48 Å². The smallest absolute Gasteiger partial charge is 0.343 e. The lowest BCUT2D eigenvalue weighted by atomic mass is 10.2. The Morgan fingerprint density at radius 2 is 1.90 bits per heavy atom. The molecule has 3 rings (SSSR count). The zero-order chi connectivity index (χ0) is 21.3. The molecule has 29 heavy (non-hydrogen) atoms. The Hall–Kier alpha value is -3.40. The summed E-state index contributed by atoms with van der Waals surface area (Å²) in [5.74, 6) is -1.35. The Kier molecular flexibility index (Phi) is 5.55. The fraction of sp³-hybridized carbons (Fsp3) is 0.263. The molecule has 2 heterocycles. The number of esters is 1. The van der Waals surface area contributed by atoms with E-state index in [1.165, 1.54) is 11.6 Å². The zero-order valence-corrected chi connectivity index (χ0v) is 17.2. The number of benzene rings is 1. The number of aromatic nitrogens is 3. The largest absolute Gasteiger partial charge is 0.449 e. The van der Waals surface area contributed by atoms with Crippen molar-refractivity contribution in [1.29, 1.82) is 0 Å². The lowest BCUT2D eigenvalue weighted by molar-refractivity contribution is -0.123. The first-order valence-electron chi connectivity index (χ1n) is 8.80. The van der Waals surface area contributed by atoms with Crippen molar-refractivity contribution in [2.45, 2.75) is 26.9 Å². The molecule has 152 valence electrons. The normalized spacial score (nSPS) is 11.9. The number of hydrogen-bond acceptors (Lipinski definition) is 7. The molecule has 1 aromatic carbocycles. The summed E-state index contributed by atoms with van der Waals surface area (Å²) in [6, 6.07) is 9.06. The first kappa shape index (κ1) is 20.3. The van der Waals surface area contributed by atoms with Crippen molar-refractivity contribution in [3.8, 4) is 5.69 Å². The molecule has 0 spiro atoms. The third-order valence-corrected chi connectivity index (χ3v) is 5.31. The van der Waals surface area contributed by atoms with Crippen LogP contribution in [0.1, 0.15) is 28.7 Å². The molecule has 0 aliphatic carbocycles. The highest BCUT2D eigenvalue weighted by atomic mass is 32.1.